The van der Waals surface area contributed by atoms with Crippen LogP contribution in [0.1, 0.15) is 13.8 Å². The molecular weight excluding hydrogens is 264 g/mol. The summed E-state index contributed by atoms with van der Waals surface area (Å²) in [4.78, 5) is 11.6. The Morgan fingerprint density at radius 1 is 1.42 bits per heavy atom. The highest BCUT2D eigenvalue weighted by Gasteiger charge is 2.07. The maximum Gasteiger partial charge on any atom is 0.319 e. The Kier molecular flexibility index (Phi) is 4.06. The summed E-state index contributed by atoms with van der Waals surface area (Å²) >= 11 is 6.18. The number of hydrogen-bond acceptors (Lipinski definition) is 2. The predicted octanol–water partition coefficient (Wildman–Crippen LogP) is 3.06. The molecule has 0 fully saturated rings. The Hall–Kier alpha value is -2.01. The number of hydrogen-bond donors (Lipinski definition) is 2. The van der Waals surface area contributed by atoms with Crippen molar-refractivity contribution in [3.05, 3.63) is 41.7 Å². The third-order valence-electron chi connectivity index (χ3n) is 2.38. The van der Waals surface area contributed by atoms with Crippen LogP contribution >= 0.6 is 11.6 Å². The fraction of sp³-hybridized carbons (Fsp3) is 0.231. The average Bonchev–Trinajstić information content (AvgIpc) is 2.81. The summed E-state index contributed by atoms with van der Waals surface area (Å²) in [5, 5.41) is 10.1. The lowest BCUT2D eigenvalue weighted by atomic mass is 10.3. The monoisotopic (exact) mass is 278 g/mol. The topological polar surface area (TPSA) is 59.0 Å². The zero-order valence-electron chi connectivity index (χ0n) is 10.7. The molecule has 0 bridgehead atoms. The number of nitrogens with one attached hydrogen (secondary N) is 2. The van der Waals surface area contributed by atoms with Gasteiger partial charge in [0, 0.05) is 24.1 Å². The summed E-state index contributed by atoms with van der Waals surface area (Å²) in [5.74, 6) is 0. The Bertz CT molecular complexity index is 566. The standard InChI is InChI=1S/C13H15ClN4O/c1-9(2)16-13(19)17-10-4-5-12(11(14)8-10)18-7-3-6-15-18/h3-9H,1-2H3,(H2,16,17,19). The number of halogens is 1. The van der Waals surface area contributed by atoms with Gasteiger partial charge in [-0.15, -0.1) is 0 Å². The summed E-state index contributed by atoms with van der Waals surface area (Å²) in [6, 6.07) is 6.93. The Balaban J connectivity index is 2.13. The first-order chi connectivity index (χ1) is 9.06. The third-order valence-corrected chi connectivity index (χ3v) is 2.68. The minimum atomic E-state index is -0.252. The van der Waals surface area contributed by atoms with Gasteiger partial charge in [-0.1, -0.05) is 11.6 Å². The molecule has 19 heavy (non-hydrogen) atoms. The van der Waals surface area contributed by atoms with Gasteiger partial charge in [0.2, 0.25) is 0 Å². The van der Waals surface area contributed by atoms with Crippen LogP contribution in [0.25, 0.3) is 5.69 Å². The minimum Gasteiger partial charge on any atom is -0.336 e. The lowest BCUT2D eigenvalue weighted by Crippen LogP contribution is -2.34. The normalized spacial score (nSPS) is 10.5. The number of amides is 2. The molecule has 5 nitrogen and oxygen atoms in total. The second kappa shape index (κ2) is 5.75. The van der Waals surface area contributed by atoms with Crippen LogP contribution in [-0.2, 0) is 0 Å². The first-order valence-corrected chi connectivity index (χ1v) is 6.31. The molecule has 0 radical (unpaired) electrons. The number of benzene rings is 1. The molecule has 0 saturated heterocycles. The molecular formula is C13H15ClN4O. The molecule has 0 unspecified atom stereocenters. The van der Waals surface area contributed by atoms with E-state index in [0.717, 1.165) is 5.69 Å². The molecule has 6 heteroatoms. The smallest absolute Gasteiger partial charge is 0.319 e. The summed E-state index contributed by atoms with van der Waals surface area (Å²) < 4.78 is 1.67. The zero-order chi connectivity index (χ0) is 13.8. The fourth-order valence-electron chi connectivity index (χ4n) is 1.61. The summed E-state index contributed by atoms with van der Waals surface area (Å²) in [5.41, 5.74) is 1.40. The number of carbonyl (C=O) groups excluding carboxylic acids is 1. The van der Waals surface area contributed by atoms with Gasteiger partial charge in [0.25, 0.3) is 0 Å². The summed E-state index contributed by atoms with van der Waals surface area (Å²) in [7, 11) is 0. The zero-order valence-corrected chi connectivity index (χ0v) is 11.5. The van der Waals surface area contributed by atoms with Crippen LogP contribution in [0.4, 0.5) is 10.5 Å². The number of anilines is 1. The molecule has 100 valence electrons. The van der Waals surface area contributed by atoms with Crippen molar-refractivity contribution in [1.29, 1.82) is 0 Å². The van der Waals surface area contributed by atoms with Gasteiger partial charge in [0.1, 0.15) is 0 Å². The van der Waals surface area contributed by atoms with E-state index >= 15 is 0 Å². The van der Waals surface area contributed by atoms with E-state index in [1.54, 1.807) is 35.3 Å². The largest absolute Gasteiger partial charge is 0.336 e. The number of aromatic nitrogens is 2. The van der Waals surface area contributed by atoms with Crippen LogP contribution in [0, 0.1) is 0 Å². The van der Waals surface area contributed by atoms with Crippen molar-refractivity contribution >= 4 is 23.3 Å². The number of rotatable bonds is 3. The van der Waals surface area contributed by atoms with Crippen molar-refractivity contribution in [1.82, 2.24) is 15.1 Å². The average molecular weight is 279 g/mol. The van der Waals surface area contributed by atoms with Crippen molar-refractivity contribution in [3.8, 4) is 5.69 Å². The molecule has 2 N–H and O–H groups in total. The number of nitrogens with zero attached hydrogens (tertiary/aromatic N) is 2. The van der Waals surface area contributed by atoms with E-state index in [1.807, 2.05) is 19.9 Å². The van der Waals surface area contributed by atoms with E-state index in [9.17, 15) is 4.79 Å². The molecule has 1 aromatic carbocycles. The maximum atomic E-state index is 11.6. The van der Waals surface area contributed by atoms with Gasteiger partial charge in [-0.05, 0) is 38.1 Å². The molecule has 0 aliphatic carbocycles. The van der Waals surface area contributed by atoms with E-state index < -0.39 is 0 Å². The highest BCUT2D eigenvalue weighted by atomic mass is 35.5. The fourth-order valence-corrected chi connectivity index (χ4v) is 1.88. The molecule has 0 aliphatic rings. The van der Waals surface area contributed by atoms with E-state index in [0.29, 0.717) is 10.7 Å². The van der Waals surface area contributed by atoms with Gasteiger partial charge in [-0.3, -0.25) is 0 Å². The first kappa shape index (κ1) is 13.4. The minimum absolute atomic E-state index is 0.0822. The van der Waals surface area contributed by atoms with E-state index in [4.69, 9.17) is 11.6 Å². The van der Waals surface area contributed by atoms with Gasteiger partial charge >= 0.3 is 6.03 Å². The van der Waals surface area contributed by atoms with Crippen molar-refractivity contribution in [3.63, 3.8) is 0 Å². The van der Waals surface area contributed by atoms with Crippen molar-refractivity contribution in [2.45, 2.75) is 19.9 Å². The quantitative estimate of drug-likeness (QED) is 0.906. The van der Waals surface area contributed by atoms with Gasteiger partial charge in [0.15, 0.2) is 0 Å². The first-order valence-electron chi connectivity index (χ1n) is 5.93. The van der Waals surface area contributed by atoms with E-state index in [1.165, 1.54) is 0 Å². The van der Waals surface area contributed by atoms with Crippen LogP contribution < -0.4 is 10.6 Å². The van der Waals surface area contributed by atoms with Crippen molar-refractivity contribution in [2.75, 3.05) is 5.32 Å². The lowest BCUT2D eigenvalue weighted by molar-refractivity contribution is 0.250. The molecule has 2 aromatic rings. The van der Waals surface area contributed by atoms with Crippen molar-refractivity contribution < 1.29 is 4.79 Å². The van der Waals surface area contributed by atoms with Crippen LogP contribution in [0.15, 0.2) is 36.7 Å². The van der Waals surface area contributed by atoms with Crippen molar-refractivity contribution in [2.24, 2.45) is 0 Å². The molecule has 1 heterocycles. The summed E-state index contributed by atoms with van der Waals surface area (Å²) in [6.45, 7) is 3.79. The number of urea groups is 1. The van der Waals surface area contributed by atoms with Gasteiger partial charge in [-0.2, -0.15) is 5.10 Å². The van der Waals surface area contributed by atoms with Crippen LogP contribution in [0.3, 0.4) is 0 Å². The summed E-state index contributed by atoms with van der Waals surface area (Å²) in [6.07, 6.45) is 3.48. The molecule has 0 spiro atoms. The maximum absolute atomic E-state index is 11.6. The SMILES string of the molecule is CC(C)NC(=O)Nc1ccc(-n2cccn2)c(Cl)c1. The number of carbonyl (C=O) groups is 1. The van der Waals surface area contributed by atoms with Crippen LogP contribution in [0.5, 0.6) is 0 Å². The van der Waals surface area contributed by atoms with Crippen LogP contribution in [0.2, 0.25) is 5.02 Å². The second-order valence-electron chi connectivity index (χ2n) is 4.37. The second-order valence-corrected chi connectivity index (χ2v) is 4.78. The highest BCUT2D eigenvalue weighted by Crippen LogP contribution is 2.23. The molecule has 0 atom stereocenters. The lowest BCUT2D eigenvalue weighted by Gasteiger charge is -2.11. The molecule has 2 rings (SSSR count). The van der Waals surface area contributed by atoms with Gasteiger partial charge in [0.05, 0.1) is 10.7 Å². The van der Waals surface area contributed by atoms with Gasteiger partial charge in [-0.25, -0.2) is 9.48 Å². The van der Waals surface area contributed by atoms with Gasteiger partial charge < -0.3 is 10.6 Å². The molecule has 0 saturated carbocycles. The Labute approximate surface area is 116 Å². The Morgan fingerprint density at radius 3 is 2.79 bits per heavy atom. The third kappa shape index (κ3) is 3.48. The molecule has 2 amide bonds. The predicted molar refractivity (Wildman–Crippen MR) is 75.9 cm³/mol. The van der Waals surface area contributed by atoms with Crippen LogP contribution in [-0.4, -0.2) is 21.9 Å². The molecule has 1 aromatic heterocycles. The Morgan fingerprint density at radius 2 is 2.21 bits per heavy atom. The van der Waals surface area contributed by atoms with E-state index in [2.05, 4.69) is 15.7 Å². The van der Waals surface area contributed by atoms with E-state index in [-0.39, 0.29) is 12.1 Å². The highest BCUT2D eigenvalue weighted by molar-refractivity contribution is 6.32. The molecule has 0 aliphatic heterocycles.